The molecule has 3 aromatic carbocycles. The lowest BCUT2D eigenvalue weighted by Gasteiger charge is -2.16. The van der Waals surface area contributed by atoms with E-state index in [1.165, 1.54) is 0 Å². The summed E-state index contributed by atoms with van der Waals surface area (Å²) in [7, 11) is 0. The SMILES string of the molecule is Cc1cccc(C(=O)O)c1Nc1c(-c2ccc3nccnc3c2)cnn1-c1ccccc1. The molecule has 0 aliphatic carbocycles. The van der Waals surface area contributed by atoms with Crippen LogP contribution in [0.4, 0.5) is 11.5 Å². The van der Waals surface area contributed by atoms with Crippen LogP contribution in [0.1, 0.15) is 15.9 Å². The van der Waals surface area contributed by atoms with Gasteiger partial charge in [0.25, 0.3) is 0 Å². The summed E-state index contributed by atoms with van der Waals surface area (Å²) in [6, 6.07) is 20.7. The number of hydrogen-bond acceptors (Lipinski definition) is 5. The second-order valence-electron chi connectivity index (χ2n) is 7.34. The number of aromatic carboxylic acids is 1. The first-order chi connectivity index (χ1) is 15.6. The summed E-state index contributed by atoms with van der Waals surface area (Å²) in [6.07, 6.45) is 5.09. The van der Waals surface area contributed by atoms with Gasteiger partial charge in [-0.2, -0.15) is 5.10 Å². The number of aromatic nitrogens is 4. The number of hydrogen-bond donors (Lipinski definition) is 2. The van der Waals surface area contributed by atoms with Crippen LogP contribution in [0.25, 0.3) is 27.8 Å². The fourth-order valence-electron chi connectivity index (χ4n) is 3.71. The van der Waals surface area contributed by atoms with Gasteiger partial charge in [0.15, 0.2) is 0 Å². The van der Waals surface area contributed by atoms with Gasteiger partial charge in [-0.3, -0.25) is 9.97 Å². The minimum absolute atomic E-state index is 0.195. The summed E-state index contributed by atoms with van der Waals surface area (Å²) in [6.45, 7) is 1.88. The number of rotatable bonds is 5. The monoisotopic (exact) mass is 421 g/mol. The van der Waals surface area contributed by atoms with Crippen LogP contribution >= 0.6 is 0 Å². The first-order valence-corrected chi connectivity index (χ1v) is 10.1. The van der Waals surface area contributed by atoms with Crippen LogP contribution in [-0.2, 0) is 0 Å². The van der Waals surface area contributed by atoms with Crippen LogP contribution in [0.5, 0.6) is 0 Å². The molecule has 32 heavy (non-hydrogen) atoms. The van der Waals surface area contributed by atoms with E-state index < -0.39 is 5.97 Å². The van der Waals surface area contributed by atoms with Crippen LogP contribution in [-0.4, -0.2) is 30.8 Å². The van der Waals surface area contributed by atoms with Gasteiger partial charge in [-0.05, 0) is 48.4 Å². The van der Waals surface area contributed by atoms with Gasteiger partial charge in [0, 0.05) is 18.0 Å². The molecule has 0 radical (unpaired) electrons. The molecule has 0 saturated carbocycles. The van der Waals surface area contributed by atoms with Crippen molar-refractivity contribution in [2.45, 2.75) is 6.92 Å². The van der Waals surface area contributed by atoms with Crippen molar-refractivity contribution in [3.63, 3.8) is 0 Å². The molecule has 0 aliphatic rings. The number of carbonyl (C=O) groups is 1. The molecule has 7 heteroatoms. The Morgan fingerprint density at radius 2 is 1.72 bits per heavy atom. The Kier molecular flexibility index (Phi) is 4.84. The molecule has 7 nitrogen and oxygen atoms in total. The van der Waals surface area contributed by atoms with Crippen molar-refractivity contribution in [2.24, 2.45) is 0 Å². The van der Waals surface area contributed by atoms with Gasteiger partial charge in [0.1, 0.15) is 5.82 Å². The van der Waals surface area contributed by atoms with Crippen molar-refractivity contribution < 1.29 is 9.90 Å². The van der Waals surface area contributed by atoms with E-state index in [0.29, 0.717) is 11.5 Å². The Bertz CT molecular complexity index is 1440. The van der Waals surface area contributed by atoms with E-state index in [9.17, 15) is 9.90 Å². The first kappa shape index (κ1) is 19.4. The number of carboxylic acids is 1. The lowest BCUT2D eigenvalue weighted by Crippen LogP contribution is -2.08. The third kappa shape index (κ3) is 3.45. The minimum atomic E-state index is -0.996. The maximum absolute atomic E-state index is 11.9. The smallest absolute Gasteiger partial charge is 0.337 e. The largest absolute Gasteiger partial charge is 0.478 e. The number of aryl methyl sites for hydroxylation is 1. The van der Waals surface area contributed by atoms with Crippen LogP contribution in [0.15, 0.2) is 85.3 Å². The molecule has 2 heterocycles. The van der Waals surface area contributed by atoms with E-state index in [-0.39, 0.29) is 5.56 Å². The van der Waals surface area contributed by atoms with Crippen molar-refractivity contribution in [2.75, 3.05) is 5.32 Å². The summed E-state index contributed by atoms with van der Waals surface area (Å²) in [4.78, 5) is 20.6. The zero-order valence-electron chi connectivity index (χ0n) is 17.2. The second-order valence-corrected chi connectivity index (χ2v) is 7.34. The number of anilines is 2. The highest BCUT2D eigenvalue weighted by atomic mass is 16.4. The first-order valence-electron chi connectivity index (χ1n) is 10.1. The molecule has 2 aromatic heterocycles. The molecule has 0 atom stereocenters. The summed E-state index contributed by atoms with van der Waals surface area (Å²) in [5, 5.41) is 17.7. The van der Waals surface area contributed by atoms with Gasteiger partial charge in [0.2, 0.25) is 0 Å². The number of fused-ring (bicyclic) bond motifs is 1. The fraction of sp³-hybridized carbons (Fsp3) is 0.0400. The number of carboxylic acid groups (broad SMARTS) is 1. The molecule has 2 N–H and O–H groups in total. The Morgan fingerprint density at radius 3 is 2.50 bits per heavy atom. The number of nitrogens with one attached hydrogen (secondary N) is 1. The van der Waals surface area contributed by atoms with Crippen molar-refractivity contribution in [3.05, 3.63) is 96.4 Å². The standard InChI is InChI=1S/C25H19N5O2/c1-16-6-5-9-19(25(31)32)23(16)29-24-20(15-28-30(24)18-7-3-2-4-8-18)17-10-11-21-22(14-17)27-13-12-26-21/h2-15,29H,1H3,(H,31,32). The van der Waals surface area contributed by atoms with Crippen LogP contribution in [0, 0.1) is 6.92 Å². The van der Waals surface area contributed by atoms with Gasteiger partial charge in [-0.1, -0.05) is 36.4 Å². The Balaban J connectivity index is 1.71. The average molecular weight is 421 g/mol. The van der Waals surface area contributed by atoms with Gasteiger partial charge in [-0.15, -0.1) is 0 Å². The molecule has 5 aromatic rings. The highest BCUT2D eigenvalue weighted by Gasteiger charge is 2.19. The lowest BCUT2D eigenvalue weighted by molar-refractivity contribution is 0.0698. The fourth-order valence-corrected chi connectivity index (χ4v) is 3.71. The Hall–Kier alpha value is -4.52. The van der Waals surface area contributed by atoms with Crippen molar-refractivity contribution >= 4 is 28.5 Å². The second kappa shape index (κ2) is 7.96. The van der Waals surface area contributed by atoms with Crippen LogP contribution in [0.2, 0.25) is 0 Å². The topological polar surface area (TPSA) is 92.9 Å². The molecule has 0 fully saturated rings. The third-order valence-electron chi connectivity index (χ3n) is 5.30. The number of nitrogens with zero attached hydrogens (tertiary/aromatic N) is 4. The zero-order chi connectivity index (χ0) is 22.1. The van der Waals surface area contributed by atoms with E-state index in [0.717, 1.165) is 33.4 Å². The summed E-state index contributed by atoms with van der Waals surface area (Å²) >= 11 is 0. The zero-order valence-corrected chi connectivity index (χ0v) is 17.2. The predicted molar refractivity (Wildman–Crippen MR) is 124 cm³/mol. The lowest BCUT2D eigenvalue weighted by atomic mass is 10.1. The van der Waals surface area contributed by atoms with E-state index in [2.05, 4.69) is 20.4 Å². The molecule has 5 rings (SSSR count). The highest BCUT2D eigenvalue weighted by molar-refractivity contribution is 5.97. The van der Waals surface area contributed by atoms with Gasteiger partial charge >= 0.3 is 5.97 Å². The maximum atomic E-state index is 11.9. The molecular weight excluding hydrogens is 402 g/mol. The van der Waals surface area contributed by atoms with Crippen molar-refractivity contribution in [1.29, 1.82) is 0 Å². The highest BCUT2D eigenvalue weighted by Crippen LogP contribution is 2.35. The Morgan fingerprint density at radius 1 is 0.938 bits per heavy atom. The van der Waals surface area contributed by atoms with Gasteiger partial charge in [0.05, 0.1) is 34.2 Å². The molecule has 0 aliphatic heterocycles. The molecule has 0 amide bonds. The predicted octanol–water partition coefficient (Wildman–Crippen LogP) is 5.23. The van der Waals surface area contributed by atoms with Crippen LogP contribution in [0.3, 0.4) is 0 Å². The van der Waals surface area contributed by atoms with E-state index in [4.69, 9.17) is 0 Å². The number of benzene rings is 3. The molecule has 0 unspecified atom stereocenters. The quantitative estimate of drug-likeness (QED) is 0.403. The molecule has 156 valence electrons. The Labute approximate surface area is 184 Å². The van der Waals surface area contributed by atoms with Gasteiger partial charge in [-0.25, -0.2) is 9.48 Å². The minimum Gasteiger partial charge on any atom is -0.478 e. The van der Waals surface area contributed by atoms with Gasteiger partial charge < -0.3 is 10.4 Å². The maximum Gasteiger partial charge on any atom is 0.337 e. The molecule has 0 bridgehead atoms. The summed E-state index contributed by atoms with van der Waals surface area (Å²) < 4.78 is 1.77. The summed E-state index contributed by atoms with van der Waals surface area (Å²) in [5.41, 5.74) is 5.68. The molecular formula is C25H19N5O2. The average Bonchev–Trinajstić information content (AvgIpc) is 3.24. The van der Waals surface area contributed by atoms with Crippen LogP contribution < -0.4 is 5.32 Å². The summed E-state index contributed by atoms with van der Waals surface area (Å²) in [5.74, 6) is -0.333. The normalized spacial score (nSPS) is 10.9. The van der Waals surface area contributed by atoms with E-state index >= 15 is 0 Å². The molecule has 0 spiro atoms. The third-order valence-corrected chi connectivity index (χ3v) is 5.30. The van der Waals surface area contributed by atoms with E-state index in [1.807, 2.05) is 61.5 Å². The molecule has 0 saturated heterocycles. The van der Waals surface area contributed by atoms with Crippen molar-refractivity contribution in [3.8, 4) is 16.8 Å². The van der Waals surface area contributed by atoms with E-state index in [1.54, 1.807) is 35.4 Å². The van der Waals surface area contributed by atoms with Crippen molar-refractivity contribution in [1.82, 2.24) is 19.7 Å². The number of para-hydroxylation sites is 2.